The van der Waals surface area contributed by atoms with E-state index >= 15 is 0 Å². The van der Waals surface area contributed by atoms with Crippen molar-refractivity contribution in [3.05, 3.63) is 168 Å². The van der Waals surface area contributed by atoms with Crippen molar-refractivity contribution < 1.29 is 0 Å². The Hall–Kier alpha value is -3.84. The topological polar surface area (TPSA) is 0 Å². The molecular formula is C48H51BPS+. The normalized spacial score (nSPS) is 14.1. The molecule has 0 nitrogen and oxygen atoms in total. The Morgan fingerprint density at radius 3 is 1.33 bits per heavy atom. The molecule has 0 spiro atoms. The molecule has 1 aliphatic heterocycles. The third kappa shape index (κ3) is 6.45. The van der Waals surface area contributed by atoms with E-state index in [1.165, 1.54) is 64.3 Å². The summed E-state index contributed by atoms with van der Waals surface area (Å²) in [6.45, 7) is 21.8. The van der Waals surface area contributed by atoms with Gasteiger partial charge < -0.3 is 0 Å². The Bertz CT molecular complexity index is 2080. The van der Waals surface area contributed by atoms with Crippen LogP contribution in [0.1, 0.15) is 77.6 Å². The summed E-state index contributed by atoms with van der Waals surface area (Å²) in [5.74, 6) is 0. The Morgan fingerprint density at radius 1 is 0.510 bits per heavy atom. The van der Waals surface area contributed by atoms with E-state index in [0.717, 1.165) is 0 Å². The second-order valence-corrected chi connectivity index (χ2v) is 21.5. The van der Waals surface area contributed by atoms with Gasteiger partial charge in [-0.2, -0.15) is 0 Å². The summed E-state index contributed by atoms with van der Waals surface area (Å²) in [5.41, 5.74) is 9.52. The van der Waals surface area contributed by atoms with Gasteiger partial charge in [-0.25, -0.2) is 0 Å². The molecule has 51 heavy (non-hydrogen) atoms. The average Bonchev–Trinajstić information content (AvgIpc) is 3.12. The summed E-state index contributed by atoms with van der Waals surface area (Å²) >= 11 is 2.04. The van der Waals surface area contributed by atoms with Gasteiger partial charge in [-0.15, -0.1) is 0 Å². The highest BCUT2D eigenvalue weighted by Crippen LogP contribution is 2.58. The zero-order chi connectivity index (χ0) is 36.2. The van der Waals surface area contributed by atoms with Crippen molar-refractivity contribution in [2.75, 3.05) is 6.66 Å². The summed E-state index contributed by atoms with van der Waals surface area (Å²) < 4.78 is 0. The molecule has 0 aromatic heterocycles. The molecule has 0 aliphatic carbocycles. The van der Waals surface area contributed by atoms with Crippen LogP contribution < -0.4 is 32.3 Å². The number of hydrogen-bond donors (Lipinski definition) is 0. The first kappa shape index (κ1) is 35.6. The first-order valence-corrected chi connectivity index (χ1v) is 21.4. The predicted octanol–water partition coefficient (Wildman–Crippen LogP) is 9.51. The van der Waals surface area contributed by atoms with Gasteiger partial charge in [-0.3, -0.25) is 0 Å². The van der Waals surface area contributed by atoms with Gasteiger partial charge in [0.05, 0.1) is 11.6 Å². The summed E-state index contributed by atoms with van der Waals surface area (Å²) in [7, 11) is -2.06. The van der Waals surface area contributed by atoms with Crippen LogP contribution in [0.15, 0.2) is 155 Å². The first-order chi connectivity index (χ1) is 24.2. The van der Waals surface area contributed by atoms with Gasteiger partial charge in [0.2, 0.25) is 6.71 Å². The van der Waals surface area contributed by atoms with E-state index in [-0.39, 0.29) is 23.0 Å². The van der Waals surface area contributed by atoms with Crippen LogP contribution in [0.3, 0.4) is 0 Å². The highest BCUT2D eigenvalue weighted by atomic mass is 32.2. The lowest BCUT2D eigenvalue weighted by Gasteiger charge is -2.40. The largest absolute Gasteiger partial charge is 0.242 e. The zero-order valence-electron chi connectivity index (χ0n) is 31.8. The van der Waals surface area contributed by atoms with Crippen molar-refractivity contribution in [1.82, 2.24) is 0 Å². The first-order valence-electron chi connectivity index (χ1n) is 18.3. The molecule has 0 saturated heterocycles. The second kappa shape index (κ2) is 13.3. The van der Waals surface area contributed by atoms with Crippen LogP contribution >= 0.6 is 19.0 Å². The monoisotopic (exact) mass is 701 g/mol. The lowest BCUT2D eigenvalue weighted by atomic mass is 9.36. The number of rotatable bonds is 6. The van der Waals surface area contributed by atoms with Gasteiger partial charge in [0.25, 0.3) is 0 Å². The molecule has 0 bridgehead atoms. The maximum atomic E-state index is 2.59. The molecule has 0 radical (unpaired) electrons. The lowest BCUT2D eigenvalue weighted by molar-refractivity contribution is 0.566. The summed E-state index contributed by atoms with van der Waals surface area (Å²) in [6.07, 6.45) is 0. The SMILES string of the molecule is CC(C)(C)c1cc(B(c2ccccc2)c2ccccc2)c2c(c1)C(C)(C)c1cc(C(C)(C)C)cc([P+](C)(c3ccccc3)c3ccccc3)c1S2. The average molecular weight is 702 g/mol. The van der Waals surface area contributed by atoms with Crippen molar-refractivity contribution in [1.29, 1.82) is 0 Å². The molecule has 6 aromatic carbocycles. The maximum absolute atomic E-state index is 2.59. The van der Waals surface area contributed by atoms with Crippen LogP contribution in [0.2, 0.25) is 0 Å². The van der Waals surface area contributed by atoms with Crippen LogP contribution in [0, 0.1) is 0 Å². The van der Waals surface area contributed by atoms with Gasteiger partial charge in [0.1, 0.15) is 23.2 Å². The Balaban J connectivity index is 1.59. The number of hydrogen-bond acceptors (Lipinski definition) is 1. The van der Waals surface area contributed by atoms with E-state index in [4.69, 9.17) is 0 Å². The van der Waals surface area contributed by atoms with E-state index < -0.39 is 7.26 Å². The zero-order valence-corrected chi connectivity index (χ0v) is 33.5. The van der Waals surface area contributed by atoms with E-state index in [0.29, 0.717) is 0 Å². The molecule has 0 saturated carbocycles. The fraction of sp³-hybridized carbons (Fsp3) is 0.250. The van der Waals surface area contributed by atoms with Crippen molar-refractivity contribution >= 4 is 58.0 Å². The van der Waals surface area contributed by atoms with Gasteiger partial charge in [0, 0.05) is 10.3 Å². The Kier molecular flexibility index (Phi) is 9.27. The minimum Gasteiger partial charge on any atom is -0.0858 e. The van der Waals surface area contributed by atoms with Crippen molar-refractivity contribution in [2.24, 2.45) is 0 Å². The Labute approximate surface area is 312 Å². The molecule has 0 atom stereocenters. The van der Waals surface area contributed by atoms with Crippen molar-refractivity contribution in [2.45, 2.75) is 81.4 Å². The third-order valence-corrected chi connectivity index (χ3v) is 16.5. The molecule has 0 fully saturated rings. The smallest absolute Gasteiger partial charge is 0.0858 e. The van der Waals surface area contributed by atoms with Crippen LogP contribution in [0.4, 0.5) is 0 Å². The summed E-state index contributed by atoms with van der Waals surface area (Å²) in [4.78, 5) is 2.85. The molecule has 3 heteroatoms. The molecule has 0 unspecified atom stereocenters. The standard InChI is InChI=1S/C48H51BPS/c1-46(2,3)34-30-40-44(42(32-34)49(36-22-14-10-15-23-36)37-24-16-11-17-25-37)51-45-41(48(40,7)8)31-35(47(4,5)6)33-43(45)50(9,38-26-18-12-19-27-38)39-28-20-13-21-29-39/h10-33H,1-9H3/q+1. The lowest BCUT2D eigenvalue weighted by Crippen LogP contribution is -2.53. The van der Waals surface area contributed by atoms with Crippen LogP contribution in [-0.2, 0) is 16.2 Å². The third-order valence-electron chi connectivity index (χ3n) is 11.1. The fourth-order valence-corrected chi connectivity index (χ4v) is 13.3. The van der Waals surface area contributed by atoms with E-state index in [9.17, 15) is 0 Å². The minimum absolute atomic E-state index is 0.00680. The number of fused-ring (bicyclic) bond motifs is 2. The van der Waals surface area contributed by atoms with E-state index in [1.807, 2.05) is 11.8 Å². The fourth-order valence-electron chi connectivity index (χ4n) is 7.80. The Morgan fingerprint density at radius 2 is 0.902 bits per heavy atom. The van der Waals surface area contributed by atoms with E-state index in [2.05, 4.69) is 208 Å². The molecule has 7 rings (SSSR count). The van der Waals surface area contributed by atoms with E-state index in [1.54, 1.807) is 0 Å². The van der Waals surface area contributed by atoms with Crippen LogP contribution in [-0.4, -0.2) is 13.4 Å². The molecule has 0 amide bonds. The molecule has 256 valence electrons. The number of benzene rings is 6. The van der Waals surface area contributed by atoms with Gasteiger partial charge in [-0.1, -0.05) is 199 Å². The molecule has 6 aromatic rings. The quantitative estimate of drug-likeness (QED) is 0.123. The molecule has 1 aliphatic rings. The predicted molar refractivity (Wildman–Crippen MR) is 229 cm³/mol. The van der Waals surface area contributed by atoms with Gasteiger partial charge in [-0.05, 0) is 63.4 Å². The molecule has 1 heterocycles. The summed E-state index contributed by atoms with van der Waals surface area (Å²) in [6, 6.07) is 55.2. The van der Waals surface area contributed by atoms with Crippen molar-refractivity contribution in [3.8, 4) is 0 Å². The molecule has 0 N–H and O–H groups in total. The van der Waals surface area contributed by atoms with Crippen LogP contribution in [0.25, 0.3) is 0 Å². The minimum atomic E-state index is -2.06. The van der Waals surface area contributed by atoms with Gasteiger partial charge >= 0.3 is 0 Å². The summed E-state index contributed by atoms with van der Waals surface area (Å²) in [5, 5.41) is 4.33. The van der Waals surface area contributed by atoms with Crippen LogP contribution in [0.5, 0.6) is 0 Å². The molecular weight excluding hydrogens is 650 g/mol. The highest BCUT2D eigenvalue weighted by molar-refractivity contribution is 8.02. The maximum Gasteiger partial charge on any atom is 0.242 e. The highest BCUT2D eigenvalue weighted by Gasteiger charge is 2.48. The van der Waals surface area contributed by atoms with Crippen molar-refractivity contribution in [3.63, 3.8) is 0 Å². The van der Waals surface area contributed by atoms with Gasteiger partial charge in [0.15, 0.2) is 0 Å². The second-order valence-electron chi connectivity index (χ2n) is 17.0.